The first kappa shape index (κ1) is 19.6. The number of hydrogen-bond acceptors (Lipinski definition) is 5. The zero-order valence-electron chi connectivity index (χ0n) is 17.2. The van der Waals surface area contributed by atoms with Crippen LogP contribution in [0.3, 0.4) is 0 Å². The van der Waals surface area contributed by atoms with Gasteiger partial charge in [0.1, 0.15) is 17.5 Å². The predicted octanol–water partition coefficient (Wildman–Crippen LogP) is 4.16. The molecule has 1 atom stereocenters. The number of hydrogen-bond donors (Lipinski definition) is 1. The van der Waals surface area contributed by atoms with Gasteiger partial charge in [-0.1, -0.05) is 35.5 Å². The maximum Gasteiger partial charge on any atom is 0.295 e. The smallest absolute Gasteiger partial charge is 0.295 e. The molecule has 30 heavy (non-hydrogen) atoms. The fraction of sp³-hybridized carbons (Fsp3) is 0.227. The van der Waals surface area contributed by atoms with Crippen LogP contribution in [-0.2, 0) is 7.05 Å². The molecule has 7 nitrogen and oxygen atoms in total. The molecule has 4 rings (SSSR count). The van der Waals surface area contributed by atoms with Crippen molar-refractivity contribution in [2.75, 3.05) is 5.32 Å². The molecular weight excluding hydrogens is 385 g/mol. The topological polar surface area (TPSA) is 77.9 Å². The van der Waals surface area contributed by atoms with Gasteiger partial charge in [-0.15, -0.1) is 0 Å². The highest BCUT2D eigenvalue weighted by molar-refractivity contribution is 5.55. The number of halogens is 1. The summed E-state index contributed by atoms with van der Waals surface area (Å²) in [6.07, 6.45) is 0. The Bertz CT molecular complexity index is 1260. The van der Waals surface area contributed by atoms with Crippen LogP contribution < -0.4 is 10.9 Å². The van der Waals surface area contributed by atoms with Crippen LogP contribution in [0.5, 0.6) is 0 Å². The largest absolute Gasteiger partial charge is 0.368 e. The first-order valence-electron chi connectivity index (χ1n) is 9.57. The van der Waals surface area contributed by atoms with E-state index < -0.39 is 6.04 Å². The Morgan fingerprint density at radius 3 is 2.57 bits per heavy atom. The summed E-state index contributed by atoms with van der Waals surface area (Å²) < 4.78 is 22.6. The van der Waals surface area contributed by atoms with Crippen LogP contribution in [0.2, 0.25) is 0 Å². The summed E-state index contributed by atoms with van der Waals surface area (Å²) >= 11 is 0. The lowest BCUT2D eigenvalue weighted by molar-refractivity contribution is 0.368. The molecule has 0 aliphatic carbocycles. The standard InChI is InChI=1S/C22H22FN5O2/c1-13-10-11-16(12-18(13)23)20-25-21(30-26-20)14(2)24-19-15(3)27(4)28(22(19)29)17-8-6-5-7-9-17/h5-12,14,24H,1-4H3. The summed E-state index contributed by atoms with van der Waals surface area (Å²) in [5, 5.41) is 7.14. The van der Waals surface area contributed by atoms with Gasteiger partial charge in [-0.2, -0.15) is 4.98 Å². The van der Waals surface area contributed by atoms with Crippen molar-refractivity contribution >= 4 is 5.69 Å². The number of benzene rings is 2. The van der Waals surface area contributed by atoms with E-state index in [0.717, 1.165) is 11.4 Å². The number of anilines is 1. The molecular formula is C22H22FN5O2. The Balaban J connectivity index is 1.62. The first-order chi connectivity index (χ1) is 14.4. The van der Waals surface area contributed by atoms with Crippen molar-refractivity contribution in [2.24, 2.45) is 7.05 Å². The number of rotatable bonds is 5. The Kier molecular flexibility index (Phi) is 4.99. The maximum atomic E-state index is 13.8. The maximum absolute atomic E-state index is 13.8. The molecule has 0 bridgehead atoms. The third kappa shape index (κ3) is 3.41. The van der Waals surface area contributed by atoms with Crippen molar-refractivity contribution in [1.29, 1.82) is 0 Å². The van der Waals surface area contributed by atoms with Crippen molar-refractivity contribution in [1.82, 2.24) is 19.5 Å². The Morgan fingerprint density at radius 2 is 1.87 bits per heavy atom. The summed E-state index contributed by atoms with van der Waals surface area (Å²) in [6, 6.07) is 13.8. The van der Waals surface area contributed by atoms with E-state index in [1.807, 2.05) is 51.2 Å². The molecule has 8 heteroatoms. The van der Waals surface area contributed by atoms with E-state index in [9.17, 15) is 9.18 Å². The highest BCUT2D eigenvalue weighted by atomic mass is 19.1. The van der Waals surface area contributed by atoms with E-state index >= 15 is 0 Å². The molecule has 2 aromatic carbocycles. The molecule has 0 aliphatic rings. The summed E-state index contributed by atoms with van der Waals surface area (Å²) in [6.45, 7) is 5.38. The number of nitrogens with zero attached hydrogens (tertiary/aromatic N) is 4. The Morgan fingerprint density at radius 1 is 1.13 bits per heavy atom. The normalized spacial score (nSPS) is 12.2. The van der Waals surface area contributed by atoms with Gasteiger partial charge in [0.2, 0.25) is 11.7 Å². The van der Waals surface area contributed by atoms with Crippen LogP contribution in [0.1, 0.15) is 30.1 Å². The first-order valence-corrected chi connectivity index (χ1v) is 9.57. The van der Waals surface area contributed by atoms with Crippen LogP contribution in [-0.4, -0.2) is 19.5 Å². The fourth-order valence-corrected chi connectivity index (χ4v) is 3.27. The van der Waals surface area contributed by atoms with Crippen molar-refractivity contribution in [3.63, 3.8) is 0 Å². The molecule has 0 radical (unpaired) electrons. The van der Waals surface area contributed by atoms with Gasteiger partial charge >= 0.3 is 0 Å². The lowest BCUT2D eigenvalue weighted by Gasteiger charge is -2.09. The third-order valence-corrected chi connectivity index (χ3v) is 5.16. The minimum atomic E-state index is -0.417. The lowest BCUT2D eigenvalue weighted by atomic mass is 10.1. The molecule has 0 saturated carbocycles. The number of para-hydroxylation sites is 1. The van der Waals surface area contributed by atoms with Gasteiger partial charge in [-0.25, -0.2) is 9.07 Å². The van der Waals surface area contributed by atoms with Crippen LogP contribution in [0.25, 0.3) is 17.1 Å². The molecule has 0 amide bonds. The number of aryl methyl sites for hydroxylation is 1. The van der Waals surface area contributed by atoms with Crippen LogP contribution in [0.4, 0.5) is 10.1 Å². The van der Waals surface area contributed by atoms with E-state index in [1.54, 1.807) is 28.4 Å². The van der Waals surface area contributed by atoms with Crippen LogP contribution in [0.15, 0.2) is 57.8 Å². The zero-order valence-corrected chi connectivity index (χ0v) is 17.2. The van der Waals surface area contributed by atoms with E-state index in [1.165, 1.54) is 6.07 Å². The second-order valence-corrected chi connectivity index (χ2v) is 7.22. The van der Waals surface area contributed by atoms with Gasteiger partial charge in [0.05, 0.1) is 11.4 Å². The monoisotopic (exact) mass is 407 g/mol. The highest BCUT2D eigenvalue weighted by Crippen LogP contribution is 2.24. The molecule has 0 saturated heterocycles. The van der Waals surface area contributed by atoms with Gasteiger partial charge in [0.15, 0.2) is 0 Å². The van der Waals surface area contributed by atoms with Crippen molar-refractivity contribution < 1.29 is 8.91 Å². The second-order valence-electron chi connectivity index (χ2n) is 7.22. The van der Waals surface area contributed by atoms with Gasteiger partial charge in [-0.05, 0) is 44.5 Å². The molecule has 2 aromatic heterocycles. The van der Waals surface area contributed by atoms with Crippen molar-refractivity contribution in [2.45, 2.75) is 26.8 Å². The molecule has 0 spiro atoms. The Labute approximate surface area is 172 Å². The van der Waals surface area contributed by atoms with Crippen molar-refractivity contribution in [3.05, 3.63) is 81.9 Å². The lowest BCUT2D eigenvalue weighted by Crippen LogP contribution is -2.21. The quantitative estimate of drug-likeness (QED) is 0.538. The average molecular weight is 407 g/mol. The number of aromatic nitrogens is 4. The van der Waals surface area contributed by atoms with E-state index in [0.29, 0.717) is 28.5 Å². The van der Waals surface area contributed by atoms with Crippen LogP contribution in [0, 0.1) is 19.7 Å². The van der Waals surface area contributed by atoms with Crippen LogP contribution >= 0.6 is 0 Å². The second kappa shape index (κ2) is 7.62. The van der Waals surface area contributed by atoms with Gasteiger partial charge in [0, 0.05) is 12.6 Å². The zero-order chi connectivity index (χ0) is 21.4. The molecule has 1 N–H and O–H groups in total. The van der Waals surface area contributed by atoms with Gasteiger partial charge < -0.3 is 9.84 Å². The Hall–Kier alpha value is -3.68. The molecule has 1 unspecified atom stereocenters. The summed E-state index contributed by atoms with van der Waals surface area (Å²) in [4.78, 5) is 17.4. The minimum Gasteiger partial charge on any atom is -0.368 e. The molecule has 4 aromatic rings. The average Bonchev–Trinajstić information content (AvgIpc) is 3.31. The van der Waals surface area contributed by atoms with Gasteiger partial charge in [-0.3, -0.25) is 9.48 Å². The number of nitrogens with one attached hydrogen (secondary N) is 1. The summed E-state index contributed by atoms with van der Waals surface area (Å²) in [7, 11) is 1.83. The van der Waals surface area contributed by atoms with Gasteiger partial charge in [0.25, 0.3) is 5.56 Å². The van der Waals surface area contributed by atoms with E-state index in [-0.39, 0.29) is 11.4 Å². The minimum absolute atomic E-state index is 0.173. The highest BCUT2D eigenvalue weighted by Gasteiger charge is 2.21. The predicted molar refractivity (Wildman–Crippen MR) is 112 cm³/mol. The molecule has 0 aliphatic heterocycles. The van der Waals surface area contributed by atoms with E-state index in [4.69, 9.17) is 4.52 Å². The molecule has 0 fully saturated rings. The van der Waals surface area contributed by atoms with E-state index in [2.05, 4.69) is 15.5 Å². The SMILES string of the molecule is Cc1ccc(-c2noc(C(C)Nc3c(C)n(C)n(-c4ccccc4)c3=O)n2)cc1F. The molecule has 154 valence electrons. The molecule has 2 heterocycles. The van der Waals surface area contributed by atoms with Crippen molar-refractivity contribution in [3.8, 4) is 17.1 Å². The summed E-state index contributed by atoms with van der Waals surface area (Å²) in [5.41, 5.74) is 2.91. The fourth-order valence-electron chi connectivity index (χ4n) is 3.27. The summed E-state index contributed by atoms with van der Waals surface area (Å²) in [5.74, 6) is 0.273. The third-order valence-electron chi connectivity index (χ3n) is 5.16.